The minimum Gasteiger partial charge on any atom is -0.440 e. The number of rotatable bonds is 9. The Morgan fingerprint density at radius 1 is 1.02 bits per heavy atom. The Kier molecular flexibility index (Phi) is 8.06. The summed E-state index contributed by atoms with van der Waals surface area (Å²) in [7, 11) is 0. The smallest absolute Gasteiger partial charge is 0.255 e. The number of hydrogen-bond acceptors (Lipinski definition) is 8. The molecule has 2 unspecified atom stereocenters. The van der Waals surface area contributed by atoms with E-state index in [1.54, 1.807) is 41.3 Å². The van der Waals surface area contributed by atoms with Gasteiger partial charge in [-0.05, 0) is 59.5 Å². The number of carbonyl (C=O) groups is 4. The second-order valence-electron chi connectivity index (χ2n) is 11.3. The van der Waals surface area contributed by atoms with E-state index < -0.39 is 18.0 Å². The molecule has 10 nitrogen and oxygen atoms in total. The lowest BCUT2D eigenvalue weighted by molar-refractivity contribution is -0.137. The number of nitrogens with zero attached hydrogens (tertiary/aromatic N) is 3. The van der Waals surface area contributed by atoms with Crippen molar-refractivity contribution in [1.82, 2.24) is 25.5 Å². The van der Waals surface area contributed by atoms with Crippen LogP contribution in [0.2, 0.25) is 0 Å². The molecule has 2 atom stereocenters. The monoisotopic (exact) mass is 631 g/mol. The van der Waals surface area contributed by atoms with Gasteiger partial charge in [0.25, 0.3) is 5.91 Å². The van der Waals surface area contributed by atoms with Gasteiger partial charge in [-0.15, -0.1) is 11.8 Å². The van der Waals surface area contributed by atoms with Gasteiger partial charge in [-0.25, -0.2) is 4.98 Å². The molecule has 0 radical (unpaired) electrons. The topological polar surface area (TPSA) is 134 Å². The SMILES string of the molecule is O=C1CCC(N2Cc3c(SCc4ccc(CC(=O)NC(c5cccnc5)c5cc6cccnc6o5)cc4)cccc3C2=O)C(=O)N1. The largest absolute Gasteiger partial charge is 0.440 e. The maximum atomic E-state index is 13.2. The van der Waals surface area contributed by atoms with Gasteiger partial charge in [-0.3, -0.25) is 29.5 Å². The molecule has 5 heterocycles. The van der Waals surface area contributed by atoms with Gasteiger partial charge in [0.1, 0.15) is 17.8 Å². The lowest BCUT2D eigenvalue weighted by Gasteiger charge is -2.29. The minimum atomic E-state index is -0.643. The van der Waals surface area contributed by atoms with Crippen LogP contribution in [0.5, 0.6) is 0 Å². The third-order valence-corrected chi connectivity index (χ3v) is 9.41. The van der Waals surface area contributed by atoms with Crippen LogP contribution >= 0.6 is 11.8 Å². The highest BCUT2D eigenvalue weighted by atomic mass is 32.2. The zero-order chi connectivity index (χ0) is 31.6. The number of hydrogen-bond donors (Lipinski definition) is 2. The molecule has 4 amide bonds. The lowest BCUT2D eigenvalue weighted by atomic mass is 10.0. The molecule has 0 bridgehead atoms. The van der Waals surface area contributed by atoms with Gasteiger partial charge in [0.15, 0.2) is 0 Å². The Labute approximate surface area is 268 Å². The molecule has 11 heteroatoms. The molecule has 46 heavy (non-hydrogen) atoms. The van der Waals surface area contributed by atoms with Gasteiger partial charge in [0.2, 0.25) is 23.4 Å². The van der Waals surface area contributed by atoms with E-state index in [-0.39, 0.29) is 30.6 Å². The minimum absolute atomic E-state index is 0.158. The van der Waals surface area contributed by atoms with E-state index in [2.05, 4.69) is 20.6 Å². The predicted molar refractivity (Wildman–Crippen MR) is 170 cm³/mol. The van der Waals surface area contributed by atoms with E-state index in [1.807, 2.05) is 66.7 Å². The number of aromatic nitrogens is 2. The van der Waals surface area contributed by atoms with Crippen molar-refractivity contribution < 1.29 is 23.6 Å². The molecule has 2 aliphatic heterocycles. The van der Waals surface area contributed by atoms with Gasteiger partial charge in [-0.2, -0.15) is 0 Å². The number of thioether (sulfide) groups is 1. The molecule has 7 rings (SSSR count). The third-order valence-electron chi connectivity index (χ3n) is 8.24. The first-order chi connectivity index (χ1) is 22.4. The lowest BCUT2D eigenvalue weighted by Crippen LogP contribution is -2.52. The van der Waals surface area contributed by atoms with Crippen molar-refractivity contribution in [2.24, 2.45) is 0 Å². The van der Waals surface area contributed by atoms with Gasteiger partial charge in [0, 0.05) is 58.7 Å². The van der Waals surface area contributed by atoms with E-state index in [0.29, 0.717) is 35.8 Å². The predicted octanol–water partition coefficient (Wildman–Crippen LogP) is 4.72. The van der Waals surface area contributed by atoms with Crippen LogP contribution in [-0.2, 0) is 33.1 Å². The number of carbonyl (C=O) groups excluding carboxylic acids is 4. The highest BCUT2D eigenvalue weighted by Crippen LogP contribution is 2.36. The number of nitrogens with one attached hydrogen (secondary N) is 2. The fraction of sp³-hybridized carbons (Fsp3) is 0.200. The van der Waals surface area contributed by atoms with Crippen molar-refractivity contribution in [1.29, 1.82) is 0 Å². The van der Waals surface area contributed by atoms with Gasteiger partial charge >= 0.3 is 0 Å². The highest BCUT2D eigenvalue weighted by Gasteiger charge is 2.39. The molecule has 3 aromatic heterocycles. The second kappa shape index (κ2) is 12.6. The quantitative estimate of drug-likeness (QED) is 0.176. The standard InChI is InChI=1S/C35H29N5O5S/c41-30-13-12-27(33(43)39-30)40-19-26-25(35(40)44)6-1-7-29(26)46-20-22-10-8-21(9-11-22)16-31(42)38-32(24-5-2-14-36-18-24)28-17-23-4-3-15-37-34(23)45-28/h1-11,14-15,17-18,27,32H,12-13,16,19-20H2,(H,38,42)(H,39,41,43). The molecule has 0 saturated carbocycles. The Bertz CT molecular complexity index is 1930. The number of imide groups is 1. The number of benzene rings is 2. The van der Waals surface area contributed by atoms with E-state index in [4.69, 9.17) is 4.42 Å². The molecular formula is C35H29N5O5S. The fourth-order valence-electron chi connectivity index (χ4n) is 5.90. The zero-order valence-electron chi connectivity index (χ0n) is 24.6. The van der Waals surface area contributed by atoms with Crippen molar-refractivity contribution >= 4 is 46.5 Å². The summed E-state index contributed by atoms with van der Waals surface area (Å²) in [6.07, 6.45) is 5.80. The third kappa shape index (κ3) is 6.01. The second-order valence-corrected chi connectivity index (χ2v) is 12.3. The van der Waals surface area contributed by atoms with E-state index in [9.17, 15) is 19.2 Å². The first-order valence-corrected chi connectivity index (χ1v) is 15.9. The van der Waals surface area contributed by atoms with Crippen molar-refractivity contribution in [2.75, 3.05) is 0 Å². The number of amides is 4. The van der Waals surface area contributed by atoms with Crippen molar-refractivity contribution in [3.63, 3.8) is 0 Å². The van der Waals surface area contributed by atoms with Crippen LogP contribution in [0.25, 0.3) is 11.1 Å². The highest BCUT2D eigenvalue weighted by molar-refractivity contribution is 7.98. The van der Waals surface area contributed by atoms with E-state index in [1.165, 1.54) is 0 Å². The van der Waals surface area contributed by atoms with Crippen LogP contribution in [0.4, 0.5) is 0 Å². The fourth-order valence-corrected chi connectivity index (χ4v) is 6.94. The van der Waals surface area contributed by atoms with Crippen LogP contribution < -0.4 is 10.6 Å². The first kappa shape index (κ1) is 29.4. The molecular weight excluding hydrogens is 602 g/mol. The number of furan rings is 1. The maximum Gasteiger partial charge on any atom is 0.255 e. The summed E-state index contributed by atoms with van der Waals surface area (Å²) in [4.78, 5) is 61.4. The summed E-state index contributed by atoms with van der Waals surface area (Å²) in [6.45, 7) is 0.336. The van der Waals surface area contributed by atoms with Crippen molar-refractivity contribution in [3.8, 4) is 0 Å². The number of pyridine rings is 2. The maximum absolute atomic E-state index is 13.2. The molecule has 230 valence electrons. The van der Waals surface area contributed by atoms with Crippen LogP contribution in [0.1, 0.15) is 57.3 Å². The van der Waals surface area contributed by atoms with Crippen molar-refractivity contribution in [3.05, 3.63) is 125 Å². The van der Waals surface area contributed by atoms with Crippen LogP contribution in [0, 0.1) is 0 Å². The Balaban J connectivity index is 0.993. The number of piperidine rings is 1. The Morgan fingerprint density at radius 2 is 1.85 bits per heavy atom. The molecule has 0 aliphatic carbocycles. The normalized spacial score (nSPS) is 16.7. The summed E-state index contributed by atoms with van der Waals surface area (Å²) in [5.41, 5.74) is 4.75. The Hall–Kier alpha value is -5.29. The van der Waals surface area contributed by atoms with Crippen LogP contribution in [0.15, 0.2) is 101 Å². The summed E-state index contributed by atoms with van der Waals surface area (Å²) >= 11 is 1.62. The molecule has 1 fully saturated rings. The van der Waals surface area contributed by atoms with Gasteiger partial charge < -0.3 is 14.6 Å². The molecule has 2 N–H and O–H groups in total. The summed E-state index contributed by atoms with van der Waals surface area (Å²) in [5, 5.41) is 6.31. The molecule has 2 aliphatic rings. The molecule has 0 spiro atoms. The van der Waals surface area contributed by atoms with E-state index in [0.717, 1.165) is 32.5 Å². The zero-order valence-corrected chi connectivity index (χ0v) is 25.5. The first-order valence-electron chi connectivity index (χ1n) is 14.9. The van der Waals surface area contributed by atoms with Gasteiger partial charge in [-0.1, -0.05) is 36.4 Å². The van der Waals surface area contributed by atoms with Crippen molar-refractivity contribution in [2.45, 2.75) is 48.5 Å². The Morgan fingerprint density at radius 3 is 2.63 bits per heavy atom. The average Bonchev–Trinajstić information content (AvgIpc) is 3.65. The van der Waals surface area contributed by atoms with Crippen LogP contribution in [-0.4, -0.2) is 44.5 Å². The molecule has 2 aromatic carbocycles. The van der Waals surface area contributed by atoms with Crippen LogP contribution in [0.3, 0.4) is 0 Å². The summed E-state index contributed by atoms with van der Waals surface area (Å²) in [5.74, 6) is 0.185. The van der Waals surface area contributed by atoms with E-state index >= 15 is 0 Å². The molecule has 5 aromatic rings. The summed E-state index contributed by atoms with van der Waals surface area (Å²) in [6, 6.07) is 21.7. The summed E-state index contributed by atoms with van der Waals surface area (Å²) < 4.78 is 5.99. The average molecular weight is 632 g/mol. The number of fused-ring (bicyclic) bond motifs is 2. The van der Waals surface area contributed by atoms with Gasteiger partial charge in [0.05, 0.1) is 6.42 Å². The molecule has 1 saturated heterocycles.